The van der Waals surface area contributed by atoms with E-state index in [1.165, 1.54) is 4.90 Å². The smallest absolute Gasteiger partial charge is 0.268 e. The van der Waals surface area contributed by atoms with E-state index in [2.05, 4.69) is 10.4 Å². The number of para-hydroxylation sites is 2. The number of amides is 2. The van der Waals surface area contributed by atoms with Gasteiger partial charge >= 0.3 is 0 Å². The average molecular weight is 328 g/mol. The quantitative estimate of drug-likeness (QED) is 0.895. The summed E-state index contributed by atoms with van der Waals surface area (Å²) >= 11 is 0. The van der Waals surface area contributed by atoms with Crippen LogP contribution in [0.2, 0.25) is 0 Å². The SMILES string of the molecule is CC(Cn1cccn1)NC(=O)CN1C(=O)C(C)Oc2ccccc21. The van der Waals surface area contributed by atoms with Crippen LogP contribution in [0.15, 0.2) is 42.7 Å². The van der Waals surface area contributed by atoms with Crippen LogP contribution >= 0.6 is 0 Å². The largest absolute Gasteiger partial charge is 0.479 e. The van der Waals surface area contributed by atoms with Crippen molar-refractivity contribution in [1.82, 2.24) is 15.1 Å². The second kappa shape index (κ2) is 6.74. The summed E-state index contributed by atoms with van der Waals surface area (Å²) in [4.78, 5) is 26.2. The Labute approximate surface area is 140 Å². The number of benzene rings is 1. The Bertz CT molecular complexity index is 729. The molecule has 1 N–H and O–H groups in total. The van der Waals surface area contributed by atoms with Crippen LogP contribution in [0.3, 0.4) is 0 Å². The molecule has 0 aliphatic carbocycles. The van der Waals surface area contributed by atoms with E-state index in [9.17, 15) is 9.59 Å². The number of hydrogen-bond acceptors (Lipinski definition) is 4. The monoisotopic (exact) mass is 328 g/mol. The molecule has 3 rings (SSSR count). The van der Waals surface area contributed by atoms with Crippen LogP contribution in [0.5, 0.6) is 5.75 Å². The number of anilines is 1. The van der Waals surface area contributed by atoms with E-state index in [1.54, 1.807) is 29.9 Å². The minimum Gasteiger partial charge on any atom is -0.479 e. The van der Waals surface area contributed by atoms with Gasteiger partial charge in [0.25, 0.3) is 5.91 Å². The maximum atomic E-state index is 12.4. The number of ether oxygens (including phenoxy) is 1. The van der Waals surface area contributed by atoms with Gasteiger partial charge in [-0.1, -0.05) is 12.1 Å². The predicted molar refractivity (Wildman–Crippen MR) is 88.7 cm³/mol. The van der Waals surface area contributed by atoms with Crippen LogP contribution < -0.4 is 15.0 Å². The Balaban J connectivity index is 1.66. The van der Waals surface area contributed by atoms with E-state index in [4.69, 9.17) is 4.74 Å². The van der Waals surface area contributed by atoms with E-state index in [1.807, 2.05) is 31.3 Å². The number of rotatable bonds is 5. The molecule has 0 fully saturated rings. The third kappa shape index (κ3) is 3.40. The predicted octanol–water partition coefficient (Wildman–Crippen LogP) is 1.20. The van der Waals surface area contributed by atoms with Gasteiger partial charge in [0.05, 0.1) is 12.2 Å². The van der Waals surface area contributed by atoms with Crippen LogP contribution in [-0.2, 0) is 16.1 Å². The van der Waals surface area contributed by atoms with Gasteiger partial charge in [-0.2, -0.15) is 5.10 Å². The fraction of sp³-hybridized carbons (Fsp3) is 0.353. The minimum atomic E-state index is -0.603. The molecule has 7 nitrogen and oxygen atoms in total. The summed E-state index contributed by atoms with van der Waals surface area (Å²) in [6, 6.07) is 8.96. The summed E-state index contributed by atoms with van der Waals surface area (Å²) < 4.78 is 7.32. The highest BCUT2D eigenvalue weighted by Gasteiger charge is 2.32. The molecule has 2 aromatic rings. The molecule has 2 amide bonds. The molecule has 1 aromatic heterocycles. The van der Waals surface area contributed by atoms with Gasteiger partial charge in [-0.15, -0.1) is 0 Å². The normalized spacial score (nSPS) is 17.8. The van der Waals surface area contributed by atoms with Crippen LogP contribution in [0.4, 0.5) is 5.69 Å². The minimum absolute atomic E-state index is 0.0347. The van der Waals surface area contributed by atoms with Gasteiger partial charge in [0, 0.05) is 18.4 Å². The summed E-state index contributed by atoms with van der Waals surface area (Å²) in [7, 11) is 0. The Hall–Kier alpha value is -2.83. The maximum absolute atomic E-state index is 12.4. The highest BCUT2D eigenvalue weighted by atomic mass is 16.5. The van der Waals surface area contributed by atoms with Crippen LogP contribution in [-0.4, -0.2) is 40.3 Å². The zero-order chi connectivity index (χ0) is 17.1. The lowest BCUT2D eigenvalue weighted by molar-refractivity contribution is -0.128. The van der Waals surface area contributed by atoms with Crippen LogP contribution in [0, 0.1) is 0 Å². The van der Waals surface area contributed by atoms with Crippen molar-refractivity contribution >= 4 is 17.5 Å². The third-order valence-corrected chi connectivity index (χ3v) is 3.80. The molecule has 2 unspecified atom stereocenters. The van der Waals surface area contributed by atoms with Crippen molar-refractivity contribution in [3.05, 3.63) is 42.7 Å². The van der Waals surface area contributed by atoms with E-state index in [0.29, 0.717) is 18.0 Å². The van der Waals surface area contributed by atoms with Crippen molar-refractivity contribution in [2.75, 3.05) is 11.4 Å². The summed E-state index contributed by atoms with van der Waals surface area (Å²) in [5.41, 5.74) is 0.621. The van der Waals surface area contributed by atoms with Crippen molar-refractivity contribution in [3.8, 4) is 5.75 Å². The first kappa shape index (κ1) is 16.0. The maximum Gasteiger partial charge on any atom is 0.268 e. The number of fused-ring (bicyclic) bond motifs is 1. The number of aromatic nitrogens is 2. The summed E-state index contributed by atoms with van der Waals surface area (Å²) in [6.07, 6.45) is 2.93. The molecule has 7 heteroatoms. The molecule has 0 saturated carbocycles. The van der Waals surface area contributed by atoms with E-state index < -0.39 is 6.10 Å². The zero-order valence-electron chi connectivity index (χ0n) is 13.7. The van der Waals surface area contributed by atoms with Gasteiger partial charge in [0.15, 0.2) is 6.10 Å². The molecule has 1 aliphatic rings. The first-order valence-electron chi connectivity index (χ1n) is 7.88. The van der Waals surface area contributed by atoms with Crippen LogP contribution in [0.25, 0.3) is 0 Å². The number of nitrogens with zero attached hydrogens (tertiary/aromatic N) is 3. The van der Waals surface area contributed by atoms with Gasteiger partial charge in [-0.05, 0) is 32.0 Å². The number of hydrogen-bond donors (Lipinski definition) is 1. The van der Waals surface area contributed by atoms with Gasteiger partial charge in [-0.25, -0.2) is 0 Å². The Kier molecular flexibility index (Phi) is 4.50. The molecule has 1 aliphatic heterocycles. The van der Waals surface area contributed by atoms with Crippen molar-refractivity contribution < 1.29 is 14.3 Å². The molecule has 2 heterocycles. The zero-order valence-corrected chi connectivity index (χ0v) is 13.7. The first-order chi connectivity index (χ1) is 11.5. The van der Waals surface area contributed by atoms with Gasteiger partial charge in [0.1, 0.15) is 12.3 Å². The van der Waals surface area contributed by atoms with Crippen molar-refractivity contribution in [3.63, 3.8) is 0 Å². The molecule has 1 aromatic carbocycles. The first-order valence-corrected chi connectivity index (χ1v) is 7.88. The molecular formula is C17H20N4O3. The molecule has 0 spiro atoms. The lowest BCUT2D eigenvalue weighted by Crippen LogP contribution is -2.50. The fourth-order valence-electron chi connectivity index (χ4n) is 2.72. The Morgan fingerprint density at radius 3 is 2.92 bits per heavy atom. The third-order valence-electron chi connectivity index (χ3n) is 3.80. The second-order valence-corrected chi connectivity index (χ2v) is 5.85. The van der Waals surface area contributed by atoms with Crippen molar-refractivity contribution in [2.45, 2.75) is 32.5 Å². The Morgan fingerprint density at radius 2 is 2.17 bits per heavy atom. The fourth-order valence-corrected chi connectivity index (χ4v) is 2.72. The molecule has 24 heavy (non-hydrogen) atoms. The molecule has 0 bridgehead atoms. The highest BCUT2D eigenvalue weighted by Crippen LogP contribution is 2.33. The summed E-state index contributed by atoms with van der Waals surface area (Å²) in [5.74, 6) is 0.178. The molecule has 0 radical (unpaired) electrons. The van der Waals surface area contributed by atoms with Crippen LogP contribution in [0.1, 0.15) is 13.8 Å². The molecule has 2 atom stereocenters. The number of carbonyl (C=O) groups excluding carboxylic acids is 2. The summed E-state index contributed by atoms with van der Waals surface area (Å²) in [6.45, 7) is 4.12. The molecule has 0 saturated heterocycles. The lowest BCUT2D eigenvalue weighted by atomic mass is 10.2. The van der Waals surface area contributed by atoms with Crippen molar-refractivity contribution in [1.29, 1.82) is 0 Å². The summed E-state index contributed by atoms with van der Waals surface area (Å²) in [5, 5.41) is 7.01. The van der Waals surface area contributed by atoms with Crippen molar-refractivity contribution in [2.24, 2.45) is 0 Å². The molecule has 126 valence electrons. The van der Waals surface area contributed by atoms with E-state index in [0.717, 1.165) is 0 Å². The lowest BCUT2D eigenvalue weighted by Gasteiger charge is -2.32. The average Bonchev–Trinajstić information content (AvgIpc) is 3.04. The second-order valence-electron chi connectivity index (χ2n) is 5.85. The highest BCUT2D eigenvalue weighted by molar-refractivity contribution is 6.03. The van der Waals surface area contributed by atoms with E-state index >= 15 is 0 Å². The molecular weight excluding hydrogens is 308 g/mol. The number of carbonyl (C=O) groups is 2. The standard InChI is InChI=1S/C17H20N4O3/c1-12(10-20-9-5-8-18-20)19-16(22)11-21-14-6-3-4-7-15(14)24-13(2)17(21)23/h3-9,12-13H,10-11H2,1-2H3,(H,19,22). The van der Waals surface area contributed by atoms with Gasteiger partial charge in [-0.3, -0.25) is 19.2 Å². The topological polar surface area (TPSA) is 76.5 Å². The van der Waals surface area contributed by atoms with Gasteiger partial charge < -0.3 is 10.1 Å². The van der Waals surface area contributed by atoms with Gasteiger partial charge in [0.2, 0.25) is 5.91 Å². The van der Waals surface area contributed by atoms with E-state index in [-0.39, 0.29) is 24.4 Å². The number of nitrogens with one attached hydrogen (secondary N) is 1. The Morgan fingerprint density at radius 1 is 1.38 bits per heavy atom.